The summed E-state index contributed by atoms with van der Waals surface area (Å²) in [6.45, 7) is 0. The van der Waals surface area contributed by atoms with Crippen LogP contribution in [0.2, 0.25) is 0 Å². The van der Waals surface area contributed by atoms with Crippen LogP contribution in [-0.2, 0) is 0 Å². The average molecular weight is 486 g/mol. The van der Waals surface area contributed by atoms with Gasteiger partial charge in [-0.1, -0.05) is 22.0 Å². The van der Waals surface area contributed by atoms with Crippen LogP contribution in [0.1, 0.15) is 0 Å². The molecule has 0 saturated heterocycles. The largest absolute Gasteiger partial charge is 0.456 e. The monoisotopic (exact) mass is 482 g/mol. The number of benzene rings is 2. The topological polar surface area (TPSA) is 9.23 Å². The normalized spacial score (nSPS) is 10.4. The summed E-state index contributed by atoms with van der Waals surface area (Å²) in [7, 11) is 0. The van der Waals surface area contributed by atoms with Crippen LogP contribution in [0.15, 0.2) is 54.3 Å². The first-order valence-electron chi connectivity index (χ1n) is 4.64. The molecule has 0 saturated carbocycles. The fraction of sp³-hybridized carbons (Fsp3) is 0. The molecule has 0 fully saturated rings. The molecule has 0 N–H and O–H groups in total. The molecule has 0 aliphatic heterocycles. The highest BCUT2D eigenvalue weighted by Gasteiger charge is 2.07. The van der Waals surface area contributed by atoms with Crippen molar-refractivity contribution in [2.75, 3.05) is 0 Å². The Morgan fingerprint density at radius 1 is 0.765 bits per heavy atom. The maximum atomic E-state index is 5.80. The Hall–Kier alpha value is 0.160. The maximum absolute atomic E-state index is 5.80. The molecule has 2 rings (SSSR count). The van der Waals surface area contributed by atoms with Gasteiger partial charge in [-0.15, -0.1) is 0 Å². The first-order chi connectivity index (χ1) is 8.06. The van der Waals surface area contributed by atoms with Crippen LogP contribution in [0.3, 0.4) is 0 Å². The lowest BCUT2D eigenvalue weighted by atomic mass is 10.3. The van der Waals surface area contributed by atoms with Crippen molar-refractivity contribution in [3.05, 3.63) is 54.3 Å². The summed E-state index contributed by atoms with van der Waals surface area (Å²) in [5, 5.41) is 0. The Labute approximate surface area is 133 Å². The lowest BCUT2D eigenvalue weighted by Gasteiger charge is -2.09. The second kappa shape index (κ2) is 5.87. The molecule has 0 atom stereocenters. The average Bonchev–Trinajstić information content (AvgIpc) is 2.26. The van der Waals surface area contributed by atoms with Crippen LogP contribution in [-0.4, -0.2) is 0 Å². The number of hydrogen-bond donors (Lipinski definition) is 0. The van der Waals surface area contributed by atoms with Crippen molar-refractivity contribution in [2.45, 2.75) is 0 Å². The maximum Gasteiger partial charge on any atom is 0.142 e. The Balaban J connectivity index is 2.33. The van der Waals surface area contributed by atoms with Crippen molar-refractivity contribution in [1.29, 1.82) is 0 Å². The van der Waals surface area contributed by atoms with Gasteiger partial charge in [0.15, 0.2) is 0 Å². The minimum atomic E-state index is 0.762. The molecule has 0 aromatic heterocycles. The standard InChI is InChI=1S/C12H6Br4O/c13-7-2-1-3-8(4-7)17-12-6-10(15)9(14)5-11(12)16/h1-6H. The third-order valence-electron chi connectivity index (χ3n) is 2.00. The van der Waals surface area contributed by atoms with E-state index in [0.717, 1.165) is 29.4 Å². The van der Waals surface area contributed by atoms with Crippen LogP contribution in [0.5, 0.6) is 11.5 Å². The van der Waals surface area contributed by atoms with Crippen LogP contribution >= 0.6 is 63.7 Å². The first-order valence-corrected chi connectivity index (χ1v) is 7.81. The molecule has 0 aliphatic rings. The number of rotatable bonds is 2. The van der Waals surface area contributed by atoms with Gasteiger partial charge in [-0.05, 0) is 78.1 Å². The van der Waals surface area contributed by atoms with E-state index in [-0.39, 0.29) is 0 Å². The zero-order valence-electron chi connectivity index (χ0n) is 8.38. The van der Waals surface area contributed by atoms with E-state index in [4.69, 9.17) is 4.74 Å². The molecule has 0 bridgehead atoms. The summed E-state index contributed by atoms with van der Waals surface area (Å²) in [6.07, 6.45) is 0. The molecule has 0 radical (unpaired) electrons. The highest BCUT2D eigenvalue weighted by molar-refractivity contribution is 9.13. The summed E-state index contributed by atoms with van der Waals surface area (Å²) in [4.78, 5) is 0. The minimum absolute atomic E-state index is 0.762. The van der Waals surface area contributed by atoms with Crippen LogP contribution in [0.25, 0.3) is 0 Å². The van der Waals surface area contributed by atoms with Crippen molar-refractivity contribution < 1.29 is 4.74 Å². The van der Waals surface area contributed by atoms with Gasteiger partial charge >= 0.3 is 0 Å². The quantitative estimate of drug-likeness (QED) is 0.440. The van der Waals surface area contributed by atoms with Crippen LogP contribution in [0.4, 0.5) is 0 Å². The van der Waals surface area contributed by atoms with Gasteiger partial charge in [0, 0.05) is 13.4 Å². The second-order valence-corrected chi connectivity index (χ2v) is 6.73. The van der Waals surface area contributed by atoms with E-state index in [9.17, 15) is 0 Å². The van der Waals surface area contributed by atoms with Gasteiger partial charge in [0.1, 0.15) is 11.5 Å². The summed E-state index contributed by atoms with van der Waals surface area (Å²) in [5.74, 6) is 1.55. The Bertz CT molecular complexity index is 554. The van der Waals surface area contributed by atoms with E-state index in [1.165, 1.54) is 0 Å². The van der Waals surface area contributed by atoms with Crippen molar-refractivity contribution in [2.24, 2.45) is 0 Å². The molecule has 1 nitrogen and oxygen atoms in total. The fourth-order valence-corrected chi connectivity index (χ4v) is 3.02. The van der Waals surface area contributed by atoms with Crippen molar-refractivity contribution in [3.63, 3.8) is 0 Å². The Morgan fingerprint density at radius 3 is 2.18 bits per heavy atom. The van der Waals surface area contributed by atoms with Gasteiger partial charge in [-0.3, -0.25) is 0 Å². The van der Waals surface area contributed by atoms with E-state index in [1.807, 2.05) is 36.4 Å². The molecule has 0 heterocycles. The van der Waals surface area contributed by atoms with E-state index >= 15 is 0 Å². The second-order valence-electron chi connectivity index (χ2n) is 3.26. The summed E-state index contributed by atoms with van der Waals surface area (Å²) in [5.41, 5.74) is 0. The summed E-state index contributed by atoms with van der Waals surface area (Å²) < 4.78 is 9.61. The lowest BCUT2D eigenvalue weighted by Crippen LogP contribution is -1.86. The van der Waals surface area contributed by atoms with Gasteiger partial charge < -0.3 is 4.74 Å². The van der Waals surface area contributed by atoms with Crippen molar-refractivity contribution in [3.8, 4) is 11.5 Å². The van der Waals surface area contributed by atoms with Crippen molar-refractivity contribution in [1.82, 2.24) is 0 Å². The van der Waals surface area contributed by atoms with Gasteiger partial charge in [0.25, 0.3) is 0 Å². The van der Waals surface area contributed by atoms with E-state index in [0.29, 0.717) is 0 Å². The van der Waals surface area contributed by atoms with Gasteiger partial charge in [-0.2, -0.15) is 0 Å². The fourth-order valence-electron chi connectivity index (χ4n) is 1.24. The molecule has 17 heavy (non-hydrogen) atoms. The van der Waals surface area contributed by atoms with E-state index in [1.54, 1.807) is 0 Å². The zero-order valence-corrected chi connectivity index (χ0v) is 14.7. The highest BCUT2D eigenvalue weighted by Crippen LogP contribution is 2.37. The van der Waals surface area contributed by atoms with E-state index < -0.39 is 0 Å². The Kier molecular flexibility index (Phi) is 4.69. The molecule has 0 spiro atoms. The predicted octanol–water partition coefficient (Wildman–Crippen LogP) is 6.53. The number of ether oxygens (including phenoxy) is 1. The first kappa shape index (κ1) is 13.6. The minimum Gasteiger partial charge on any atom is -0.456 e. The summed E-state index contributed by atoms with van der Waals surface area (Å²) >= 11 is 13.8. The van der Waals surface area contributed by atoms with Crippen LogP contribution < -0.4 is 4.74 Å². The SMILES string of the molecule is Brc1cccc(Oc2cc(Br)c(Br)cc2Br)c1. The molecule has 0 aliphatic carbocycles. The smallest absolute Gasteiger partial charge is 0.142 e. The van der Waals surface area contributed by atoms with Gasteiger partial charge in [0.2, 0.25) is 0 Å². The molecule has 0 amide bonds. The third kappa shape index (κ3) is 3.56. The van der Waals surface area contributed by atoms with Crippen molar-refractivity contribution >= 4 is 63.7 Å². The van der Waals surface area contributed by atoms with Gasteiger partial charge in [0.05, 0.1) is 4.47 Å². The molecule has 88 valence electrons. The predicted molar refractivity (Wildman–Crippen MR) is 83.8 cm³/mol. The lowest BCUT2D eigenvalue weighted by molar-refractivity contribution is 0.479. The zero-order chi connectivity index (χ0) is 12.4. The molecular formula is C12H6Br4O. The highest BCUT2D eigenvalue weighted by atomic mass is 79.9. The third-order valence-corrected chi connectivity index (χ3v) is 4.96. The van der Waals surface area contributed by atoms with Crippen LogP contribution in [0, 0.1) is 0 Å². The molecule has 0 unspecified atom stereocenters. The van der Waals surface area contributed by atoms with Gasteiger partial charge in [-0.25, -0.2) is 0 Å². The molecule has 2 aromatic carbocycles. The number of hydrogen-bond acceptors (Lipinski definition) is 1. The molecule has 2 aromatic rings. The van der Waals surface area contributed by atoms with E-state index in [2.05, 4.69) is 63.7 Å². The molecule has 5 heteroatoms. The summed E-state index contributed by atoms with van der Waals surface area (Å²) in [6, 6.07) is 11.6. The number of halogens is 4. The Morgan fingerprint density at radius 2 is 1.47 bits per heavy atom. The molecular weight excluding hydrogens is 480 g/mol.